The molecule has 1 atom stereocenters. The number of hydrogen-bond acceptors (Lipinski definition) is 2. The highest BCUT2D eigenvalue weighted by atomic mass is 19.4. The molecule has 2 aromatic carbocycles. The van der Waals surface area contributed by atoms with Crippen molar-refractivity contribution in [1.82, 2.24) is 14.8 Å². The Kier molecular flexibility index (Phi) is 5.14. The van der Waals surface area contributed by atoms with Crippen LogP contribution in [-0.2, 0) is 18.0 Å². The van der Waals surface area contributed by atoms with Gasteiger partial charge in [0, 0.05) is 0 Å². The van der Waals surface area contributed by atoms with Gasteiger partial charge in [0.1, 0.15) is 12.7 Å². The van der Waals surface area contributed by atoms with Gasteiger partial charge in [0.05, 0.1) is 17.2 Å². The first kappa shape index (κ1) is 20.8. The van der Waals surface area contributed by atoms with Crippen molar-refractivity contribution >= 4 is 0 Å². The van der Waals surface area contributed by atoms with Crippen LogP contribution in [0.5, 0.6) is 0 Å². The first-order chi connectivity index (χ1) is 13.4. The van der Waals surface area contributed by atoms with Gasteiger partial charge in [-0.3, -0.25) is 0 Å². The van der Waals surface area contributed by atoms with Crippen LogP contribution in [0.1, 0.15) is 35.2 Å². The quantitative estimate of drug-likeness (QED) is 0.503. The van der Waals surface area contributed by atoms with Crippen LogP contribution in [0.4, 0.5) is 30.7 Å². The summed E-state index contributed by atoms with van der Waals surface area (Å²) in [7, 11) is 0. The topological polar surface area (TPSA) is 30.7 Å². The molecule has 0 radical (unpaired) electrons. The molecule has 0 aliphatic rings. The highest BCUT2D eigenvalue weighted by molar-refractivity contribution is 5.41. The van der Waals surface area contributed by atoms with Crippen molar-refractivity contribution in [2.45, 2.75) is 31.0 Å². The Morgan fingerprint density at radius 3 is 1.38 bits per heavy atom. The number of aromatic nitrogens is 3. The third-order valence-corrected chi connectivity index (χ3v) is 4.67. The van der Waals surface area contributed by atoms with Crippen molar-refractivity contribution in [3.63, 3.8) is 0 Å². The molecule has 1 heterocycles. The van der Waals surface area contributed by atoms with E-state index < -0.39 is 35.2 Å². The lowest BCUT2D eigenvalue weighted by molar-refractivity contribution is -0.138. The lowest BCUT2D eigenvalue weighted by Crippen LogP contribution is -2.33. The molecule has 29 heavy (non-hydrogen) atoms. The molecule has 0 spiro atoms. The van der Waals surface area contributed by atoms with Gasteiger partial charge in [-0.2, -0.15) is 31.4 Å². The maximum absolute atomic E-state index is 16.4. The zero-order valence-electron chi connectivity index (χ0n) is 14.8. The number of benzene rings is 2. The van der Waals surface area contributed by atoms with E-state index in [4.69, 9.17) is 0 Å². The Morgan fingerprint density at radius 1 is 0.690 bits per heavy atom. The highest BCUT2D eigenvalue weighted by Crippen LogP contribution is 2.44. The number of hydrogen-bond donors (Lipinski definition) is 0. The van der Waals surface area contributed by atoms with Gasteiger partial charge in [0.25, 0.3) is 0 Å². The predicted molar refractivity (Wildman–Crippen MR) is 89.5 cm³/mol. The summed E-state index contributed by atoms with van der Waals surface area (Å²) in [6.45, 7) is 1.41. The Hall–Kier alpha value is -2.91. The Labute approximate surface area is 160 Å². The average molecular weight is 417 g/mol. The SMILES string of the molecule is CC(n1cncn1)C(F)(c1ccc(C(F)(F)F)cc1)c1ccc(C(F)(F)F)cc1. The summed E-state index contributed by atoms with van der Waals surface area (Å²) >= 11 is 0. The van der Waals surface area contributed by atoms with Gasteiger partial charge in [0.2, 0.25) is 0 Å². The molecule has 1 aromatic heterocycles. The molecule has 0 fully saturated rings. The first-order valence-corrected chi connectivity index (χ1v) is 8.32. The van der Waals surface area contributed by atoms with Gasteiger partial charge in [-0.25, -0.2) is 14.1 Å². The largest absolute Gasteiger partial charge is 0.416 e. The molecule has 0 N–H and O–H groups in total. The van der Waals surface area contributed by atoms with E-state index in [-0.39, 0.29) is 11.1 Å². The molecule has 0 aliphatic carbocycles. The fourth-order valence-corrected chi connectivity index (χ4v) is 3.05. The third kappa shape index (κ3) is 3.96. The predicted octanol–water partition coefficient (Wildman–Crippen LogP) is 5.79. The second kappa shape index (κ2) is 7.16. The maximum atomic E-state index is 16.4. The Balaban J connectivity index is 2.12. The molecule has 0 amide bonds. The van der Waals surface area contributed by atoms with Crippen LogP contribution in [0.3, 0.4) is 0 Å². The van der Waals surface area contributed by atoms with Gasteiger partial charge in [0.15, 0.2) is 5.67 Å². The molecule has 3 rings (SSSR count). The van der Waals surface area contributed by atoms with Crippen LogP contribution in [-0.4, -0.2) is 14.8 Å². The Bertz CT molecular complexity index is 886. The van der Waals surface area contributed by atoms with Gasteiger partial charge < -0.3 is 0 Å². The van der Waals surface area contributed by atoms with Crippen molar-refractivity contribution in [1.29, 1.82) is 0 Å². The second-order valence-electron chi connectivity index (χ2n) is 6.41. The van der Waals surface area contributed by atoms with E-state index in [1.54, 1.807) is 0 Å². The normalized spacial score (nSPS) is 14.1. The summed E-state index contributed by atoms with van der Waals surface area (Å²) in [5, 5.41) is 3.85. The van der Waals surface area contributed by atoms with E-state index in [0.717, 1.165) is 59.5 Å². The van der Waals surface area contributed by atoms with Crippen molar-refractivity contribution in [3.8, 4) is 0 Å². The lowest BCUT2D eigenvalue weighted by Gasteiger charge is -2.33. The van der Waals surface area contributed by atoms with Crippen LogP contribution in [0.15, 0.2) is 61.2 Å². The zero-order valence-corrected chi connectivity index (χ0v) is 14.8. The molecule has 10 heteroatoms. The molecule has 3 aromatic rings. The summed E-state index contributed by atoms with van der Waals surface area (Å²) in [5.74, 6) is 0. The van der Waals surface area contributed by atoms with Gasteiger partial charge in [-0.1, -0.05) is 24.3 Å². The van der Waals surface area contributed by atoms with Crippen LogP contribution in [0, 0.1) is 0 Å². The van der Waals surface area contributed by atoms with E-state index in [1.807, 2.05) is 0 Å². The van der Waals surface area contributed by atoms with Crippen LogP contribution >= 0.6 is 0 Å². The molecular formula is C19H14F7N3. The summed E-state index contributed by atoms with van der Waals surface area (Å²) in [4.78, 5) is 3.72. The standard InChI is InChI=1S/C19H14F7N3/c1-12(29-11-27-10-28-29)17(20,13-2-6-15(7-3-13)18(21,22)23)14-4-8-16(9-5-14)19(24,25)26/h2-12H,1H3. The van der Waals surface area contributed by atoms with E-state index in [1.165, 1.54) is 13.3 Å². The average Bonchev–Trinajstić information content (AvgIpc) is 3.20. The molecule has 0 saturated heterocycles. The lowest BCUT2D eigenvalue weighted by atomic mass is 9.82. The minimum atomic E-state index is -4.61. The van der Waals surface area contributed by atoms with Gasteiger partial charge in [-0.05, 0) is 42.3 Å². The molecular weight excluding hydrogens is 403 g/mol. The minimum absolute atomic E-state index is 0.159. The van der Waals surface area contributed by atoms with Crippen LogP contribution < -0.4 is 0 Å². The molecule has 0 bridgehead atoms. The number of alkyl halides is 7. The summed E-state index contributed by atoms with van der Waals surface area (Å²) in [5.41, 5.74) is -4.72. The summed E-state index contributed by atoms with van der Waals surface area (Å²) < 4.78 is 94.7. The monoisotopic (exact) mass is 417 g/mol. The van der Waals surface area contributed by atoms with Crippen LogP contribution in [0.2, 0.25) is 0 Å². The van der Waals surface area contributed by atoms with Gasteiger partial charge >= 0.3 is 12.4 Å². The van der Waals surface area contributed by atoms with Crippen LogP contribution in [0.25, 0.3) is 0 Å². The van der Waals surface area contributed by atoms with E-state index in [2.05, 4.69) is 10.1 Å². The number of halogens is 7. The fraction of sp³-hybridized carbons (Fsp3) is 0.263. The van der Waals surface area contributed by atoms with Crippen molar-refractivity contribution in [3.05, 3.63) is 83.4 Å². The fourth-order valence-electron chi connectivity index (χ4n) is 3.05. The van der Waals surface area contributed by atoms with E-state index in [9.17, 15) is 26.3 Å². The maximum Gasteiger partial charge on any atom is 0.416 e. The molecule has 0 aliphatic heterocycles. The highest BCUT2D eigenvalue weighted by Gasteiger charge is 2.43. The number of nitrogens with zero attached hydrogens (tertiary/aromatic N) is 3. The third-order valence-electron chi connectivity index (χ3n) is 4.67. The summed E-state index contributed by atoms with van der Waals surface area (Å²) in [6, 6.07) is 5.65. The van der Waals surface area contributed by atoms with Crippen molar-refractivity contribution in [2.24, 2.45) is 0 Å². The molecule has 154 valence electrons. The van der Waals surface area contributed by atoms with Crippen molar-refractivity contribution in [2.75, 3.05) is 0 Å². The van der Waals surface area contributed by atoms with E-state index in [0.29, 0.717) is 0 Å². The first-order valence-electron chi connectivity index (χ1n) is 8.32. The Morgan fingerprint density at radius 2 is 1.07 bits per heavy atom. The van der Waals surface area contributed by atoms with Gasteiger partial charge in [-0.15, -0.1) is 0 Å². The zero-order chi connectivity index (χ0) is 21.4. The molecule has 0 saturated carbocycles. The second-order valence-corrected chi connectivity index (χ2v) is 6.41. The smallest absolute Gasteiger partial charge is 0.246 e. The molecule has 1 unspecified atom stereocenters. The van der Waals surface area contributed by atoms with Crippen molar-refractivity contribution < 1.29 is 30.7 Å². The van der Waals surface area contributed by atoms with E-state index >= 15 is 4.39 Å². The summed E-state index contributed by atoms with van der Waals surface area (Å²) in [6.07, 6.45) is -6.85. The molecule has 3 nitrogen and oxygen atoms in total. The minimum Gasteiger partial charge on any atom is -0.246 e. The number of rotatable bonds is 4.